The van der Waals surface area contributed by atoms with Gasteiger partial charge < -0.3 is 29.7 Å². The van der Waals surface area contributed by atoms with Gasteiger partial charge in [-0.1, -0.05) is 18.2 Å². The number of hydrogen-bond donors (Lipinski definition) is 2. The fourth-order valence-corrected chi connectivity index (χ4v) is 3.17. The Hall–Kier alpha value is -3.42. The molecule has 0 saturated carbocycles. The molecule has 0 saturated heterocycles. The number of anilines is 1. The van der Waals surface area contributed by atoms with Gasteiger partial charge in [-0.15, -0.1) is 0 Å². The summed E-state index contributed by atoms with van der Waals surface area (Å²) in [5.74, 6) is 1.44. The van der Waals surface area contributed by atoms with Gasteiger partial charge in [0.25, 0.3) is 5.91 Å². The molecule has 154 valence electrons. The van der Waals surface area contributed by atoms with E-state index in [0.29, 0.717) is 30.3 Å². The largest absolute Gasteiger partial charge is 0.493 e. The number of amides is 2. The van der Waals surface area contributed by atoms with Gasteiger partial charge in [0.1, 0.15) is 5.75 Å². The molecule has 3 rings (SSSR count). The minimum Gasteiger partial charge on any atom is -0.493 e. The molecular weight excluding hydrogens is 374 g/mol. The van der Waals surface area contributed by atoms with Crippen molar-refractivity contribution in [2.45, 2.75) is 12.6 Å². The zero-order valence-electron chi connectivity index (χ0n) is 16.7. The summed E-state index contributed by atoms with van der Waals surface area (Å²) in [5, 5.41) is 5.50. The van der Waals surface area contributed by atoms with Crippen LogP contribution in [0.2, 0.25) is 0 Å². The van der Waals surface area contributed by atoms with Gasteiger partial charge in [0, 0.05) is 13.6 Å². The summed E-state index contributed by atoms with van der Waals surface area (Å²) in [6.07, 6.45) is -0.673. The molecule has 1 heterocycles. The Balaban J connectivity index is 1.66. The van der Waals surface area contributed by atoms with Crippen LogP contribution in [0.15, 0.2) is 42.5 Å². The summed E-state index contributed by atoms with van der Waals surface area (Å²) in [4.78, 5) is 26.5. The third-order valence-corrected chi connectivity index (χ3v) is 4.67. The Morgan fingerprint density at radius 3 is 2.62 bits per heavy atom. The molecule has 1 aliphatic rings. The molecule has 1 aliphatic heterocycles. The molecule has 2 N–H and O–H groups in total. The topological polar surface area (TPSA) is 89.1 Å². The molecule has 2 aromatic carbocycles. The first-order valence-corrected chi connectivity index (χ1v) is 9.25. The molecule has 0 aromatic heterocycles. The van der Waals surface area contributed by atoms with E-state index in [-0.39, 0.29) is 18.4 Å². The van der Waals surface area contributed by atoms with Crippen molar-refractivity contribution < 1.29 is 23.8 Å². The predicted molar refractivity (Wildman–Crippen MR) is 109 cm³/mol. The van der Waals surface area contributed by atoms with Crippen molar-refractivity contribution in [2.24, 2.45) is 0 Å². The minimum atomic E-state index is -0.673. The third-order valence-electron chi connectivity index (χ3n) is 4.67. The summed E-state index contributed by atoms with van der Waals surface area (Å²) in [6, 6.07) is 12.9. The number of para-hydroxylation sites is 2. The zero-order chi connectivity index (χ0) is 20.8. The number of nitrogens with zero attached hydrogens (tertiary/aromatic N) is 1. The van der Waals surface area contributed by atoms with Gasteiger partial charge >= 0.3 is 0 Å². The van der Waals surface area contributed by atoms with Crippen LogP contribution in [0.4, 0.5) is 5.69 Å². The number of hydrogen-bond acceptors (Lipinski definition) is 6. The second-order valence-corrected chi connectivity index (χ2v) is 6.54. The van der Waals surface area contributed by atoms with Crippen LogP contribution in [0.25, 0.3) is 0 Å². The SMILES string of the molecule is CNC(=O)[C@H]1CN(CC(=O)NCc2ccc(OC)c(OC)c2)c2ccccc2O1. The number of nitrogens with one attached hydrogen (secondary N) is 2. The molecule has 0 bridgehead atoms. The number of likely N-dealkylation sites (N-methyl/N-ethyl adjacent to an activating group) is 1. The van der Waals surface area contributed by atoms with Crippen LogP contribution < -0.4 is 29.7 Å². The van der Waals surface area contributed by atoms with E-state index in [1.807, 2.05) is 35.2 Å². The molecule has 0 spiro atoms. The molecule has 0 aliphatic carbocycles. The van der Waals surface area contributed by atoms with E-state index in [9.17, 15) is 9.59 Å². The van der Waals surface area contributed by atoms with Crippen LogP contribution >= 0.6 is 0 Å². The van der Waals surface area contributed by atoms with Gasteiger partial charge in [0.05, 0.1) is 33.0 Å². The molecule has 29 heavy (non-hydrogen) atoms. The molecule has 1 atom stereocenters. The van der Waals surface area contributed by atoms with Gasteiger partial charge in [0.15, 0.2) is 17.6 Å². The smallest absolute Gasteiger partial charge is 0.262 e. The van der Waals surface area contributed by atoms with Crippen molar-refractivity contribution in [1.29, 1.82) is 0 Å². The lowest BCUT2D eigenvalue weighted by atomic mass is 10.1. The van der Waals surface area contributed by atoms with Crippen LogP contribution in [0.1, 0.15) is 5.56 Å². The Bertz CT molecular complexity index is 886. The lowest BCUT2D eigenvalue weighted by Gasteiger charge is -2.35. The molecule has 0 radical (unpaired) electrons. The maximum Gasteiger partial charge on any atom is 0.262 e. The van der Waals surface area contributed by atoms with E-state index in [4.69, 9.17) is 14.2 Å². The molecular formula is C21H25N3O5. The van der Waals surface area contributed by atoms with E-state index >= 15 is 0 Å². The van der Waals surface area contributed by atoms with Gasteiger partial charge in [0.2, 0.25) is 5.91 Å². The molecule has 0 fully saturated rings. The highest BCUT2D eigenvalue weighted by Crippen LogP contribution is 2.33. The fourth-order valence-electron chi connectivity index (χ4n) is 3.17. The van der Waals surface area contributed by atoms with Crippen LogP contribution in [0.5, 0.6) is 17.2 Å². The summed E-state index contributed by atoms with van der Waals surface area (Å²) >= 11 is 0. The second-order valence-electron chi connectivity index (χ2n) is 6.54. The summed E-state index contributed by atoms with van der Waals surface area (Å²) in [6.45, 7) is 0.756. The fraction of sp³-hybridized carbons (Fsp3) is 0.333. The van der Waals surface area contributed by atoms with E-state index in [0.717, 1.165) is 11.3 Å². The Labute approximate surface area is 169 Å². The number of carbonyl (C=O) groups is 2. The van der Waals surface area contributed by atoms with Gasteiger partial charge in [-0.25, -0.2) is 0 Å². The van der Waals surface area contributed by atoms with Gasteiger partial charge in [-0.05, 0) is 29.8 Å². The quantitative estimate of drug-likeness (QED) is 0.730. The molecule has 2 aromatic rings. The Kier molecular flexibility index (Phi) is 6.43. The normalized spacial score (nSPS) is 15.0. The molecule has 0 unspecified atom stereocenters. The van der Waals surface area contributed by atoms with Crippen LogP contribution in [0, 0.1) is 0 Å². The number of benzene rings is 2. The van der Waals surface area contributed by atoms with Crippen molar-refractivity contribution in [3.8, 4) is 17.2 Å². The van der Waals surface area contributed by atoms with Crippen molar-refractivity contribution in [3.05, 3.63) is 48.0 Å². The first-order chi connectivity index (χ1) is 14.0. The first kappa shape index (κ1) is 20.3. The van der Waals surface area contributed by atoms with E-state index in [1.165, 1.54) is 0 Å². The minimum absolute atomic E-state index is 0.112. The summed E-state index contributed by atoms with van der Waals surface area (Å²) < 4.78 is 16.3. The number of fused-ring (bicyclic) bond motifs is 1. The highest BCUT2D eigenvalue weighted by Gasteiger charge is 2.30. The molecule has 8 heteroatoms. The third kappa shape index (κ3) is 4.71. The van der Waals surface area contributed by atoms with Crippen molar-refractivity contribution in [2.75, 3.05) is 39.3 Å². The molecule has 8 nitrogen and oxygen atoms in total. The maximum absolute atomic E-state index is 12.6. The zero-order valence-corrected chi connectivity index (χ0v) is 16.7. The highest BCUT2D eigenvalue weighted by molar-refractivity contribution is 5.86. The average molecular weight is 399 g/mol. The van der Waals surface area contributed by atoms with E-state index in [2.05, 4.69) is 10.6 Å². The summed E-state index contributed by atoms with van der Waals surface area (Å²) in [7, 11) is 4.71. The Morgan fingerprint density at radius 1 is 1.14 bits per heavy atom. The second kappa shape index (κ2) is 9.18. The van der Waals surface area contributed by atoms with E-state index in [1.54, 1.807) is 33.4 Å². The average Bonchev–Trinajstić information content (AvgIpc) is 2.76. The highest BCUT2D eigenvalue weighted by atomic mass is 16.5. The number of methoxy groups -OCH3 is 2. The number of rotatable bonds is 7. The number of carbonyl (C=O) groups excluding carboxylic acids is 2. The van der Waals surface area contributed by atoms with Crippen molar-refractivity contribution >= 4 is 17.5 Å². The lowest BCUT2D eigenvalue weighted by molar-refractivity contribution is -0.127. The van der Waals surface area contributed by atoms with Crippen molar-refractivity contribution in [1.82, 2.24) is 10.6 Å². The predicted octanol–water partition coefficient (Wildman–Crippen LogP) is 1.33. The van der Waals surface area contributed by atoms with Crippen molar-refractivity contribution in [3.63, 3.8) is 0 Å². The standard InChI is InChI=1S/C21H25N3O5/c1-22-21(26)19-12-24(15-6-4-5-7-16(15)29-19)13-20(25)23-11-14-8-9-17(27-2)18(10-14)28-3/h4-10,19H,11-13H2,1-3H3,(H,22,26)(H,23,25)/t19-/m1/s1. The number of ether oxygens (including phenoxy) is 3. The maximum atomic E-state index is 12.6. The lowest BCUT2D eigenvalue weighted by Crippen LogP contribution is -2.50. The summed E-state index contributed by atoms with van der Waals surface area (Å²) in [5.41, 5.74) is 1.68. The van der Waals surface area contributed by atoms with Crippen LogP contribution in [0.3, 0.4) is 0 Å². The monoisotopic (exact) mass is 399 g/mol. The Morgan fingerprint density at radius 2 is 1.90 bits per heavy atom. The van der Waals surface area contributed by atoms with Crippen LogP contribution in [-0.4, -0.2) is 52.3 Å². The molecule has 2 amide bonds. The van der Waals surface area contributed by atoms with Gasteiger partial charge in [-0.3, -0.25) is 9.59 Å². The van der Waals surface area contributed by atoms with Gasteiger partial charge in [-0.2, -0.15) is 0 Å². The first-order valence-electron chi connectivity index (χ1n) is 9.25. The van der Waals surface area contributed by atoms with Crippen LogP contribution in [-0.2, 0) is 16.1 Å². The van der Waals surface area contributed by atoms with E-state index < -0.39 is 6.10 Å².